The summed E-state index contributed by atoms with van der Waals surface area (Å²) in [5.74, 6) is 0.500. The van der Waals surface area contributed by atoms with Crippen LogP contribution >= 0.6 is 0 Å². The standard InChI is InChI=1S/C31H34N6O5/c1-31(2,3)42-29(39)32-19-18-26-34-35-28(24-12-8-5-9-13-24)36-37(26)30(40)41-21-23-14-16-25(17-15-23)33-27(38)20-22-10-6-4-7-11-22/h4-17H,18-21H2,1-3H3,(H,32,39)(H,33,38)(H,35,36). The van der Waals surface area contributed by atoms with E-state index in [1.165, 1.54) is 5.01 Å². The summed E-state index contributed by atoms with van der Waals surface area (Å²) < 4.78 is 10.8. The van der Waals surface area contributed by atoms with Crippen LogP contribution in [0.4, 0.5) is 15.3 Å². The summed E-state index contributed by atoms with van der Waals surface area (Å²) >= 11 is 0. The summed E-state index contributed by atoms with van der Waals surface area (Å²) in [4.78, 5) is 37.5. The predicted octanol–water partition coefficient (Wildman–Crippen LogP) is 5.00. The van der Waals surface area contributed by atoms with Crippen LogP contribution in [0, 0.1) is 0 Å². The van der Waals surface area contributed by atoms with E-state index in [0.29, 0.717) is 11.5 Å². The molecule has 0 aromatic heterocycles. The topological polar surface area (TPSA) is 134 Å². The monoisotopic (exact) mass is 570 g/mol. The fourth-order valence-electron chi connectivity index (χ4n) is 3.85. The molecule has 0 aliphatic carbocycles. The summed E-state index contributed by atoms with van der Waals surface area (Å²) in [6, 6.07) is 25.8. The third kappa shape index (κ3) is 9.19. The van der Waals surface area contributed by atoms with E-state index in [2.05, 4.69) is 26.3 Å². The summed E-state index contributed by atoms with van der Waals surface area (Å²) in [5.41, 5.74) is 5.36. The van der Waals surface area contributed by atoms with Crippen LogP contribution < -0.4 is 16.1 Å². The van der Waals surface area contributed by atoms with Gasteiger partial charge in [-0.1, -0.05) is 72.8 Å². The van der Waals surface area contributed by atoms with Crippen LogP contribution in [0.5, 0.6) is 0 Å². The third-order valence-electron chi connectivity index (χ3n) is 5.80. The highest BCUT2D eigenvalue weighted by atomic mass is 16.6. The fourth-order valence-corrected chi connectivity index (χ4v) is 3.85. The Labute approximate surface area is 244 Å². The number of hydrogen-bond acceptors (Lipinski definition) is 8. The van der Waals surface area contributed by atoms with Gasteiger partial charge in [-0.2, -0.15) is 5.01 Å². The van der Waals surface area contributed by atoms with E-state index in [0.717, 1.165) is 16.7 Å². The molecule has 3 N–H and O–H groups in total. The molecule has 3 aromatic carbocycles. The molecule has 0 atom stereocenters. The lowest BCUT2D eigenvalue weighted by molar-refractivity contribution is -0.115. The maximum absolute atomic E-state index is 13.2. The second-order valence-corrected chi connectivity index (χ2v) is 10.4. The SMILES string of the molecule is CC(C)(C)OC(=O)NCCC1=NN=C(c2ccccc2)NN1C(=O)OCc1ccc(NC(=O)Cc2ccccc2)cc1. The highest BCUT2D eigenvalue weighted by molar-refractivity contribution is 6.06. The molecular weight excluding hydrogens is 536 g/mol. The highest BCUT2D eigenvalue weighted by Gasteiger charge is 2.27. The molecule has 3 aromatic rings. The summed E-state index contributed by atoms with van der Waals surface area (Å²) in [5, 5.41) is 15.1. The fraction of sp³-hybridized carbons (Fsp3) is 0.258. The van der Waals surface area contributed by atoms with Crippen molar-refractivity contribution in [2.45, 2.75) is 45.8 Å². The minimum atomic E-state index is -0.699. The first kappa shape index (κ1) is 29.8. The molecule has 0 radical (unpaired) electrons. The molecule has 0 spiro atoms. The van der Waals surface area contributed by atoms with Crippen molar-refractivity contribution in [3.8, 4) is 0 Å². The van der Waals surface area contributed by atoms with Crippen molar-refractivity contribution in [2.75, 3.05) is 11.9 Å². The van der Waals surface area contributed by atoms with E-state index < -0.39 is 17.8 Å². The lowest BCUT2D eigenvalue weighted by Crippen LogP contribution is -2.52. The summed E-state index contributed by atoms with van der Waals surface area (Å²) in [6.07, 6.45) is -0.817. The number of alkyl carbamates (subject to hydrolysis) is 1. The molecule has 1 heterocycles. The van der Waals surface area contributed by atoms with Crippen molar-refractivity contribution in [1.29, 1.82) is 0 Å². The predicted molar refractivity (Wildman–Crippen MR) is 160 cm³/mol. The summed E-state index contributed by atoms with van der Waals surface area (Å²) in [7, 11) is 0. The average Bonchev–Trinajstić information content (AvgIpc) is 2.97. The van der Waals surface area contributed by atoms with Gasteiger partial charge in [0.1, 0.15) is 12.2 Å². The maximum atomic E-state index is 13.2. The lowest BCUT2D eigenvalue weighted by atomic mass is 10.1. The molecule has 11 nitrogen and oxygen atoms in total. The third-order valence-corrected chi connectivity index (χ3v) is 5.80. The Balaban J connectivity index is 1.35. The quantitative estimate of drug-likeness (QED) is 0.332. The van der Waals surface area contributed by atoms with E-state index in [1.807, 2.05) is 60.7 Å². The second-order valence-electron chi connectivity index (χ2n) is 10.4. The Morgan fingerprint density at radius 3 is 2.19 bits per heavy atom. The first-order chi connectivity index (χ1) is 20.2. The highest BCUT2D eigenvalue weighted by Crippen LogP contribution is 2.14. The number of ether oxygens (including phenoxy) is 2. The minimum absolute atomic E-state index is 0.0174. The Bertz CT molecular complexity index is 1430. The molecular formula is C31H34N6O5. The van der Waals surface area contributed by atoms with Crippen molar-refractivity contribution in [3.63, 3.8) is 0 Å². The normalized spacial score (nSPS) is 12.8. The Kier molecular flexibility index (Phi) is 9.88. The van der Waals surface area contributed by atoms with E-state index >= 15 is 0 Å². The van der Waals surface area contributed by atoms with Crippen molar-refractivity contribution in [1.82, 2.24) is 15.8 Å². The second kappa shape index (κ2) is 13.9. The number of amidine groups is 2. The summed E-state index contributed by atoms with van der Waals surface area (Å²) in [6.45, 7) is 5.46. The van der Waals surface area contributed by atoms with E-state index in [-0.39, 0.29) is 37.7 Å². The minimum Gasteiger partial charge on any atom is -0.444 e. The van der Waals surface area contributed by atoms with Gasteiger partial charge in [0.05, 0.1) is 6.42 Å². The van der Waals surface area contributed by atoms with Gasteiger partial charge in [0, 0.05) is 24.2 Å². The lowest BCUT2D eigenvalue weighted by Gasteiger charge is -2.27. The number of amides is 3. The number of rotatable bonds is 9. The number of hydrogen-bond donors (Lipinski definition) is 3. The molecule has 0 saturated heterocycles. The van der Waals surface area contributed by atoms with Gasteiger partial charge in [0.25, 0.3) is 0 Å². The molecule has 11 heteroatoms. The number of carbonyl (C=O) groups is 3. The van der Waals surface area contributed by atoms with Gasteiger partial charge in [0.2, 0.25) is 5.91 Å². The van der Waals surface area contributed by atoms with Crippen molar-refractivity contribution >= 4 is 35.5 Å². The zero-order valence-electron chi connectivity index (χ0n) is 23.8. The molecule has 4 rings (SSSR count). The van der Waals surface area contributed by atoms with E-state index in [1.54, 1.807) is 45.0 Å². The van der Waals surface area contributed by atoms with Crippen LogP contribution in [0.15, 0.2) is 95.1 Å². The number of nitrogens with one attached hydrogen (secondary N) is 3. The number of nitrogens with zero attached hydrogens (tertiary/aromatic N) is 3. The molecule has 1 aliphatic heterocycles. The largest absolute Gasteiger partial charge is 0.444 e. The molecule has 0 bridgehead atoms. The maximum Gasteiger partial charge on any atom is 0.435 e. The van der Waals surface area contributed by atoms with Crippen LogP contribution in [-0.4, -0.2) is 46.9 Å². The molecule has 218 valence electrons. The van der Waals surface area contributed by atoms with E-state index in [4.69, 9.17) is 9.47 Å². The zero-order valence-corrected chi connectivity index (χ0v) is 23.8. The van der Waals surface area contributed by atoms with Crippen LogP contribution in [-0.2, 0) is 27.3 Å². The van der Waals surface area contributed by atoms with Crippen LogP contribution in [0.3, 0.4) is 0 Å². The van der Waals surface area contributed by atoms with Gasteiger partial charge in [-0.25, -0.2) is 9.59 Å². The molecule has 3 amide bonds. The Hall–Kier alpha value is -5.19. The average molecular weight is 571 g/mol. The number of hydrazine groups is 1. The number of anilines is 1. The van der Waals surface area contributed by atoms with Gasteiger partial charge in [-0.05, 0) is 44.0 Å². The molecule has 0 saturated carbocycles. The van der Waals surface area contributed by atoms with Gasteiger partial charge in [-0.3, -0.25) is 10.2 Å². The zero-order chi connectivity index (χ0) is 30.0. The van der Waals surface area contributed by atoms with Crippen molar-refractivity contribution < 1.29 is 23.9 Å². The van der Waals surface area contributed by atoms with Crippen molar-refractivity contribution in [2.24, 2.45) is 10.2 Å². The number of carbonyl (C=O) groups excluding carboxylic acids is 3. The van der Waals surface area contributed by atoms with Crippen LogP contribution in [0.1, 0.15) is 43.9 Å². The van der Waals surface area contributed by atoms with Crippen LogP contribution in [0.2, 0.25) is 0 Å². The first-order valence-corrected chi connectivity index (χ1v) is 13.5. The molecule has 0 unspecified atom stereocenters. The van der Waals surface area contributed by atoms with E-state index in [9.17, 15) is 14.4 Å². The van der Waals surface area contributed by atoms with Gasteiger partial charge in [-0.15, -0.1) is 10.2 Å². The number of benzene rings is 3. The van der Waals surface area contributed by atoms with Gasteiger partial charge >= 0.3 is 12.2 Å². The van der Waals surface area contributed by atoms with Gasteiger partial charge < -0.3 is 20.1 Å². The van der Waals surface area contributed by atoms with Crippen LogP contribution in [0.25, 0.3) is 0 Å². The Morgan fingerprint density at radius 1 is 0.857 bits per heavy atom. The molecule has 1 aliphatic rings. The Morgan fingerprint density at radius 2 is 1.52 bits per heavy atom. The van der Waals surface area contributed by atoms with Crippen molar-refractivity contribution in [3.05, 3.63) is 102 Å². The molecule has 42 heavy (non-hydrogen) atoms. The van der Waals surface area contributed by atoms with Gasteiger partial charge in [0.15, 0.2) is 11.7 Å². The smallest absolute Gasteiger partial charge is 0.435 e. The molecule has 0 fully saturated rings. The first-order valence-electron chi connectivity index (χ1n) is 13.5.